The predicted molar refractivity (Wildman–Crippen MR) is 73.5 cm³/mol. The number of carbonyl (C=O) groups is 1. The van der Waals surface area contributed by atoms with E-state index in [-0.39, 0.29) is 0 Å². The fourth-order valence-corrected chi connectivity index (χ4v) is 2.76. The third kappa shape index (κ3) is 3.94. The van der Waals surface area contributed by atoms with Gasteiger partial charge in [-0.1, -0.05) is 45.1 Å². The Bertz CT molecular complexity index is 377. The Morgan fingerprint density at radius 1 is 1.28 bits per heavy atom. The Morgan fingerprint density at radius 2 is 2.06 bits per heavy atom. The summed E-state index contributed by atoms with van der Waals surface area (Å²) in [4.78, 5) is 16.4. The molecule has 1 heterocycles. The van der Waals surface area contributed by atoms with Crippen LogP contribution >= 0.6 is 0 Å². The molecular weight excluding hydrogens is 222 g/mol. The molecule has 18 heavy (non-hydrogen) atoms. The van der Waals surface area contributed by atoms with Crippen LogP contribution in [-0.2, 0) is 17.6 Å². The molecule has 1 saturated carbocycles. The van der Waals surface area contributed by atoms with Gasteiger partial charge in [0.25, 0.3) is 0 Å². The quantitative estimate of drug-likeness (QED) is 0.791. The van der Waals surface area contributed by atoms with Crippen LogP contribution in [0.4, 0.5) is 0 Å². The van der Waals surface area contributed by atoms with Crippen molar-refractivity contribution in [3.63, 3.8) is 0 Å². The maximum absolute atomic E-state index is 12.0. The van der Waals surface area contributed by atoms with E-state index in [1.165, 1.54) is 37.7 Å². The number of aromatic nitrogens is 1. The van der Waals surface area contributed by atoms with Crippen molar-refractivity contribution < 1.29 is 4.79 Å². The maximum atomic E-state index is 12.0. The van der Waals surface area contributed by atoms with Gasteiger partial charge < -0.3 is 0 Å². The zero-order valence-corrected chi connectivity index (χ0v) is 11.3. The lowest BCUT2D eigenvalue weighted by Gasteiger charge is -2.20. The molecule has 0 aliphatic heterocycles. The van der Waals surface area contributed by atoms with Gasteiger partial charge in [-0.2, -0.15) is 0 Å². The summed E-state index contributed by atoms with van der Waals surface area (Å²) in [6.07, 6.45) is 10.6. The molecule has 0 unspecified atom stereocenters. The van der Waals surface area contributed by atoms with Crippen LogP contribution in [0.25, 0.3) is 0 Å². The number of pyridine rings is 1. The monoisotopic (exact) mass is 245 g/mol. The predicted octanol–water partition coefficient (Wildman–Crippen LogP) is 3.73. The van der Waals surface area contributed by atoms with Crippen LogP contribution in [0.2, 0.25) is 0 Å². The Balaban J connectivity index is 1.82. The number of nitrogens with zero attached hydrogens (tertiary/aromatic N) is 1. The smallest absolute Gasteiger partial charge is 0.139 e. The first-order valence-electron chi connectivity index (χ1n) is 7.23. The number of rotatable bonds is 5. The van der Waals surface area contributed by atoms with E-state index < -0.39 is 0 Å². The van der Waals surface area contributed by atoms with Crippen LogP contribution in [0.5, 0.6) is 0 Å². The van der Waals surface area contributed by atoms with Gasteiger partial charge in [0.05, 0.1) is 0 Å². The normalized spacial score (nSPS) is 16.7. The van der Waals surface area contributed by atoms with Gasteiger partial charge in [0, 0.05) is 24.7 Å². The summed E-state index contributed by atoms with van der Waals surface area (Å²) in [6.45, 7) is 2.12. The lowest BCUT2D eigenvalue weighted by molar-refractivity contribution is -0.119. The first kappa shape index (κ1) is 13.3. The van der Waals surface area contributed by atoms with Crippen molar-refractivity contribution in [2.24, 2.45) is 5.92 Å². The molecule has 1 aliphatic rings. The summed E-state index contributed by atoms with van der Waals surface area (Å²) >= 11 is 0. The van der Waals surface area contributed by atoms with E-state index >= 15 is 0 Å². The molecule has 98 valence electrons. The van der Waals surface area contributed by atoms with Crippen molar-refractivity contribution in [3.8, 4) is 0 Å². The second kappa shape index (κ2) is 6.67. The Labute approximate surface area is 110 Å². The molecule has 2 nitrogen and oxygen atoms in total. The fourth-order valence-electron chi connectivity index (χ4n) is 2.76. The minimum atomic E-state index is 0.360. The molecule has 0 saturated heterocycles. The lowest BCUT2D eigenvalue weighted by atomic mass is 9.85. The number of Topliss-reactive ketones (excluding diaryl/α,β-unsaturated/α-hetero) is 1. The van der Waals surface area contributed by atoms with Crippen LogP contribution in [0.1, 0.15) is 56.7 Å². The Kier molecular flexibility index (Phi) is 4.91. The third-order valence-electron chi connectivity index (χ3n) is 3.91. The van der Waals surface area contributed by atoms with Crippen molar-refractivity contribution in [2.45, 2.75) is 58.3 Å². The number of hydrogen-bond donors (Lipinski definition) is 0. The number of carbonyl (C=O) groups excluding carboxylic acids is 1. The van der Waals surface area contributed by atoms with Crippen LogP contribution in [0.3, 0.4) is 0 Å². The summed E-state index contributed by atoms with van der Waals surface area (Å²) in [7, 11) is 0. The van der Waals surface area contributed by atoms with E-state index in [4.69, 9.17) is 0 Å². The second-order valence-corrected chi connectivity index (χ2v) is 5.43. The molecule has 0 aromatic carbocycles. The number of ketones is 1. The Morgan fingerprint density at radius 3 is 2.67 bits per heavy atom. The van der Waals surface area contributed by atoms with Gasteiger partial charge >= 0.3 is 0 Å². The van der Waals surface area contributed by atoms with Gasteiger partial charge in [-0.15, -0.1) is 0 Å². The van der Waals surface area contributed by atoms with Crippen LogP contribution in [-0.4, -0.2) is 10.8 Å². The molecular formula is C16H23NO. The van der Waals surface area contributed by atoms with Crippen molar-refractivity contribution >= 4 is 5.78 Å². The third-order valence-corrected chi connectivity index (χ3v) is 3.91. The summed E-state index contributed by atoms with van der Waals surface area (Å²) < 4.78 is 0. The first-order valence-corrected chi connectivity index (χ1v) is 7.23. The van der Waals surface area contributed by atoms with Gasteiger partial charge in [-0.25, -0.2) is 0 Å². The molecule has 1 aliphatic carbocycles. The summed E-state index contributed by atoms with van der Waals surface area (Å²) in [5, 5.41) is 0. The summed E-state index contributed by atoms with van der Waals surface area (Å²) in [6, 6.07) is 4.08. The molecule has 0 spiro atoms. The molecule has 1 fully saturated rings. The zero-order valence-electron chi connectivity index (χ0n) is 11.3. The summed E-state index contributed by atoms with van der Waals surface area (Å²) in [5.74, 6) is 1.000. The van der Waals surface area contributed by atoms with E-state index in [0.29, 0.717) is 18.1 Å². The highest BCUT2D eigenvalue weighted by molar-refractivity contribution is 5.80. The summed E-state index contributed by atoms with van der Waals surface area (Å²) in [5.41, 5.74) is 2.16. The fraction of sp³-hybridized carbons (Fsp3) is 0.625. The van der Waals surface area contributed by atoms with E-state index in [9.17, 15) is 4.79 Å². The minimum Gasteiger partial charge on any atom is -0.299 e. The van der Waals surface area contributed by atoms with Crippen LogP contribution in [0, 0.1) is 5.92 Å². The highest BCUT2D eigenvalue weighted by atomic mass is 16.1. The van der Waals surface area contributed by atoms with Crippen molar-refractivity contribution in [1.29, 1.82) is 0 Å². The van der Waals surface area contributed by atoms with Gasteiger partial charge in [-0.3, -0.25) is 9.78 Å². The van der Waals surface area contributed by atoms with Gasteiger partial charge in [0.1, 0.15) is 5.78 Å². The van der Waals surface area contributed by atoms with E-state index in [1.54, 1.807) is 0 Å². The van der Waals surface area contributed by atoms with Crippen molar-refractivity contribution in [2.75, 3.05) is 0 Å². The molecule has 2 rings (SSSR count). The van der Waals surface area contributed by atoms with Crippen molar-refractivity contribution in [3.05, 3.63) is 29.6 Å². The molecule has 0 bridgehead atoms. The highest BCUT2D eigenvalue weighted by Gasteiger charge is 2.17. The molecule has 0 N–H and O–H groups in total. The molecule has 0 amide bonds. The SMILES string of the molecule is CCc1ccc(CC(=O)CC2CCCCC2)nc1. The Hall–Kier alpha value is -1.18. The molecule has 1 aromatic heterocycles. The molecule has 1 aromatic rings. The zero-order chi connectivity index (χ0) is 12.8. The topological polar surface area (TPSA) is 30.0 Å². The number of hydrogen-bond acceptors (Lipinski definition) is 2. The minimum absolute atomic E-state index is 0.360. The average Bonchev–Trinajstić information content (AvgIpc) is 2.40. The van der Waals surface area contributed by atoms with E-state index in [1.807, 2.05) is 12.3 Å². The van der Waals surface area contributed by atoms with Gasteiger partial charge in [-0.05, 0) is 24.0 Å². The van der Waals surface area contributed by atoms with Crippen LogP contribution < -0.4 is 0 Å². The maximum Gasteiger partial charge on any atom is 0.139 e. The standard InChI is InChI=1S/C16H23NO/c1-2-13-8-9-15(17-12-13)11-16(18)10-14-6-4-3-5-7-14/h8-9,12,14H,2-7,10-11H2,1H3. The largest absolute Gasteiger partial charge is 0.299 e. The number of aryl methyl sites for hydroxylation is 1. The average molecular weight is 245 g/mol. The van der Waals surface area contributed by atoms with Gasteiger partial charge in [0.15, 0.2) is 0 Å². The molecule has 0 atom stereocenters. The second-order valence-electron chi connectivity index (χ2n) is 5.43. The first-order chi connectivity index (χ1) is 8.78. The van der Waals surface area contributed by atoms with Gasteiger partial charge in [0.2, 0.25) is 0 Å². The van der Waals surface area contributed by atoms with E-state index in [0.717, 1.165) is 18.5 Å². The van der Waals surface area contributed by atoms with E-state index in [2.05, 4.69) is 18.0 Å². The van der Waals surface area contributed by atoms with Crippen LogP contribution in [0.15, 0.2) is 18.3 Å². The molecule has 2 heteroatoms. The lowest BCUT2D eigenvalue weighted by Crippen LogP contribution is -2.14. The molecule has 0 radical (unpaired) electrons. The highest BCUT2D eigenvalue weighted by Crippen LogP contribution is 2.26. The van der Waals surface area contributed by atoms with Crippen molar-refractivity contribution in [1.82, 2.24) is 4.98 Å².